The number of benzene rings is 4. The van der Waals surface area contributed by atoms with Crippen molar-refractivity contribution >= 4 is 101 Å². The number of pyridine rings is 2. The van der Waals surface area contributed by atoms with Crippen LogP contribution in [0.2, 0.25) is 0 Å². The fraction of sp³-hybridized carbons (Fsp3) is 0. The van der Waals surface area contributed by atoms with E-state index in [1.54, 1.807) is 52.1 Å². The van der Waals surface area contributed by atoms with E-state index >= 15 is 0 Å². The maximum Gasteiger partial charge on any atom is 0.175 e. The molecule has 0 fully saturated rings. The molecule has 0 aliphatic carbocycles. The summed E-state index contributed by atoms with van der Waals surface area (Å²) in [5.41, 5.74) is 15.2. The molecule has 0 radical (unpaired) electrons. The second kappa shape index (κ2) is 18.9. The van der Waals surface area contributed by atoms with E-state index < -0.39 is 0 Å². The molecule has 6 heterocycles. The smallest absolute Gasteiger partial charge is 0.175 e. The highest BCUT2D eigenvalue weighted by atomic mass is 32.1. The zero-order valence-electron chi connectivity index (χ0n) is 31.4. The van der Waals surface area contributed by atoms with E-state index in [0.29, 0.717) is 5.11 Å². The SMILES string of the molecule is Nc1ccccc1-c1nc2ccncc2s1.S=C(Nc1ccc(-n2cccn2)cc1)Nc1ccccc1-c1nc2ccncc2s1.S=C=Nc1ccc(-n2cccn2)cc1. The molecule has 0 saturated carbocycles. The third-order valence-electron chi connectivity index (χ3n) is 8.67. The first-order valence-corrected chi connectivity index (χ1v) is 20.7. The van der Waals surface area contributed by atoms with Gasteiger partial charge in [0, 0.05) is 72.1 Å². The molecule has 10 rings (SSSR count). The Labute approximate surface area is 362 Å². The van der Waals surface area contributed by atoms with E-state index in [1.807, 2.05) is 151 Å². The number of nitrogens with one attached hydrogen (secondary N) is 2. The third-order valence-corrected chi connectivity index (χ3v) is 11.0. The molecule has 0 atom stereocenters. The van der Waals surface area contributed by atoms with Crippen LogP contribution < -0.4 is 16.4 Å². The number of hydrogen-bond acceptors (Lipinski definition) is 12. The van der Waals surface area contributed by atoms with Gasteiger partial charge in [0.05, 0.1) is 48.3 Å². The average Bonchev–Trinajstić information content (AvgIpc) is 4.13. The molecule has 0 unspecified atom stereocenters. The van der Waals surface area contributed by atoms with Crippen LogP contribution in [0.1, 0.15) is 0 Å². The summed E-state index contributed by atoms with van der Waals surface area (Å²) in [5, 5.41) is 19.6. The molecule has 0 saturated heterocycles. The van der Waals surface area contributed by atoms with Crippen LogP contribution in [-0.2, 0) is 0 Å². The quantitative estimate of drug-likeness (QED) is 0.0798. The number of aromatic nitrogens is 8. The van der Waals surface area contributed by atoms with Gasteiger partial charge in [-0.15, -0.1) is 22.7 Å². The van der Waals surface area contributed by atoms with Crippen molar-refractivity contribution in [2.45, 2.75) is 0 Å². The Balaban J connectivity index is 0.000000139. The first-order chi connectivity index (χ1) is 29.5. The van der Waals surface area contributed by atoms with E-state index in [2.05, 4.69) is 58.2 Å². The van der Waals surface area contributed by atoms with E-state index in [9.17, 15) is 0 Å². The predicted octanol–water partition coefficient (Wildman–Crippen LogP) is 10.9. The summed E-state index contributed by atoms with van der Waals surface area (Å²) in [6, 6.07) is 38.9. The minimum absolute atomic E-state index is 0.511. The molecule has 4 aromatic carbocycles. The van der Waals surface area contributed by atoms with E-state index in [4.69, 9.17) is 22.9 Å². The van der Waals surface area contributed by atoms with Gasteiger partial charge in [0.15, 0.2) is 5.11 Å². The van der Waals surface area contributed by atoms with Crippen molar-refractivity contribution < 1.29 is 0 Å². The summed E-state index contributed by atoms with van der Waals surface area (Å²) in [6.45, 7) is 0. The van der Waals surface area contributed by atoms with Crippen LogP contribution in [0.3, 0.4) is 0 Å². The van der Waals surface area contributed by atoms with E-state index in [1.165, 1.54) is 0 Å². The number of para-hydroxylation sites is 2. The van der Waals surface area contributed by atoms with Crippen molar-refractivity contribution in [3.63, 3.8) is 0 Å². The van der Waals surface area contributed by atoms with Gasteiger partial charge >= 0.3 is 0 Å². The molecule has 60 heavy (non-hydrogen) atoms. The van der Waals surface area contributed by atoms with Crippen molar-refractivity contribution in [2.24, 2.45) is 4.99 Å². The van der Waals surface area contributed by atoms with Gasteiger partial charge in [-0.2, -0.15) is 15.2 Å². The maximum absolute atomic E-state index is 5.93. The van der Waals surface area contributed by atoms with Gasteiger partial charge < -0.3 is 16.4 Å². The second-order valence-corrected chi connectivity index (χ2v) is 15.3. The lowest BCUT2D eigenvalue weighted by Gasteiger charge is -2.13. The van der Waals surface area contributed by atoms with Crippen LogP contribution in [0, 0.1) is 0 Å². The van der Waals surface area contributed by atoms with Crippen molar-refractivity contribution in [1.29, 1.82) is 0 Å². The van der Waals surface area contributed by atoms with E-state index in [-0.39, 0.29) is 0 Å². The molecule has 0 aliphatic rings. The molecular weight excluding hydrogens is 825 g/mol. The molecule has 0 bridgehead atoms. The van der Waals surface area contributed by atoms with Gasteiger partial charge in [0.2, 0.25) is 0 Å². The highest BCUT2D eigenvalue weighted by Crippen LogP contribution is 2.35. The summed E-state index contributed by atoms with van der Waals surface area (Å²) in [4.78, 5) is 21.4. The predicted molar refractivity (Wildman–Crippen MR) is 252 cm³/mol. The fourth-order valence-corrected chi connectivity index (χ4v) is 8.10. The number of nitrogens with two attached hydrogens (primary N) is 1. The van der Waals surface area contributed by atoms with Gasteiger partial charge in [-0.3, -0.25) is 9.97 Å². The summed E-state index contributed by atoms with van der Waals surface area (Å²) in [7, 11) is 0. The molecule has 0 amide bonds. The lowest BCUT2D eigenvalue weighted by molar-refractivity contribution is 0.880. The number of nitrogen functional groups attached to an aromatic ring is 1. The number of rotatable bonds is 7. The topological polar surface area (TPSA) is 150 Å². The third kappa shape index (κ3) is 9.67. The van der Waals surface area contributed by atoms with Crippen molar-refractivity contribution in [3.8, 4) is 32.5 Å². The Morgan fingerprint density at radius 2 is 1.17 bits per heavy atom. The largest absolute Gasteiger partial charge is 0.398 e. The average molecular weight is 857 g/mol. The number of aliphatic imine (C=N–C) groups is 1. The Morgan fingerprint density at radius 3 is 1.72 bits per heavy atom. The molecular formula is C44H32N12S4. The lowest BCUT2D eigenvalue weighted by atomic mass is 10.2. The number of isothiocyanates is 1. The second-order valence-electron chi connectivity index (χ2n) is 12.6. The number of fused-ring (bicyclic) bond motifs is 2. The van der Waals surface area contributed by atoms with Crippen molar-refractivity contribution in [1.82, 2.24) is 39.5 Å². The Bertz CT molecular complexity index is 2960. The van der Waals surface area contributed by atoms with Gasteiger partial charge in [-0.25, -0.2) is 19.3 Å². The van der Waals surface area contributed by atoms with Crippen LogP contribution in [-0.4, -0.2) is 49.8 Å². The number of thiazole rings is 2. The van der Waals surface area contributed by atoms with Crippen LogP contribution >= 0.6 is 47.1 Å². The summed E-state index contributed by atoms with van der Waals surface area (Å²) >= 11 is 13.3. The Hall–Kier alpha value is -7.33. The van der Waals surface area contributed by atoms with Crippen LogP contribution in [0.15, 0.2) is 176 Å². The van der Waals surface area contributed by atoms with Gasteiger partial charge in [0.25, 0.3) is 0 Å². The van der Waals surface area contributed by atoms with Gasteiger partial charge in [0.1, 0.15) is 10.0 Å². The number of thiocarbonyl (C=S) groups is 2. The minimum Gasteiger partial charge on any atom is -0.398 e. The number of hydrogen-bond donors (Lipinski definition) is 3. The number of anilines is 3. The molecule has 16 heteroatoms. The summed E-state index contributed by atoms with van der Waals surface area (Å²) < 4.78 is 5.73. The molecule has 12 nitrogen and oxygen atoms in total. The van der Waals surface area contributed by atoms with Crippen LogP contribution in [0.25, 0.3) is 53.0 Å². The highest BCUT2D eigenvalue weighted by Gasteiger charge is 2.12. The molecule has 4 N–H and O–H groups in total. The van der Waals surface area contributed by atoms with Crippen LogP contribution in [0.5, 0.6) is 0 Å². The summed E-state index contributed by atoms with van der Waals surface area (Å²) in [6.07, 6.45) is 14.5. The van der Waals surface area contributed by atoms with E-state index in [0.717, 1.165) is 75.7 Å². The number of nitrogens with zero attached hydrogens (tertiary/aromatic N) is 9. The fourth-order valence-electron chi connectivity index (χ4n) is 5.82. The lowest BCUT2D eigenvalue weighted by Crippen LogP contribution is -2.19. The van der Waals surface area contributed by atoms with Crippen molar-refractivity contribution in [3.05, 3.63) is 171 Å². The van der Waals surface area contributed by atoms with Gasteiger partial charge in [-0.1, -0.05) is 24.3 Å². The van der Waals surface area contributed by atoms with Gasteiger partial charge in [-0.05, 0) is 121 Å². The zero-order chi connectivity index (χ0) is 41.1. The zero-order valence-corrected chi connectivity index (χ0v) is 34.7. The molecule has 0 aliphatic heterocycles. The summed E-state index contributed by atoms with van der Waals surface area (Å²) in [5.74, 6) is 0. The monoisotopic (exact) mass is 856 g/mol. The standard InChI is InChI=1S/C22H16N6S2.C12H9N3S.C10H7N3S/c29-22(25-15-6-8-16(9-7-15)28-13-3-11-24-28)27-18-5-2-1-4-17(18)21-26-19-10-12-23-14-20(19)30-21;13-9-4-2-1-3-8(9)12-15-10-5-6-14-7-11(10)16-12;14-8-11-9-2-4-10(5-3-9)13-7-1-6-12-13/h1-14H,(H2,25,27,29);1-7H,13H2;1-7H. The Morgan fingerprint density at radius 1 is 0.617 bits per heavy atom. The minimum atomic E-state index is 0.511. The van der Waals surface area contributed by atoms with Crippen molar-refractivity contribution in [2.75, 3.05) is 16.4 Å². The maximum atomic E-state index is 5.93. The molecule has 0 spiro atoms. The van der Waals surface area contributed by atoms with Crippen LogP contribution in [0.4, 0.5) is 22.7 Å². The first kappa shape index (κ1) is 39.5. The highest BCUT2D eigenvalue weighted by molar-refractivity contribution is 7.80. The molecule has 6 aromatic heterocycles. The molecule has 10 aromatic rings. The first-order valence-electron chi connectivity index (χ1n) is 18.2. The molecule has 292 valence electrons. The Kier molecular flexibility index (Phi) is 12.5. The normalized spacial score (nSPS) is 10.5.